The Morgan fingerprint density at radius 3 is 2.93 bits per heavy atom. The first-order valence-corrected chi connectivity index (χ1v) is 10.5. The third kappa shape index (κ3) is 3.62. The number of hydrogen-bond donors (Lipinski definition) is 1. The Bertz CT molecular complexity index is 1160. The van der Waals surface area contributed by atoms with Gasteiger partial charge in [0, 0.05) is 22.9 Å². The summed E-state index contributed by atoms with van der Waals surface area (Å²) >= 11 is 1.53. The highest BCUT2D eigenvalue weighted by Gasteiger charge is 2.29. The van der Waals surface area contributed by atoms with Crippen molar-refractivity contribution in [2.45, 2.75) is 19.9 Å². The van der Waals surface area contributed by atoms with E-state index >= 15 is 0 Å². The molecular weight excluding hydrogens is 402 g/mol. The molecular formula is C21H19N5O3S. The molecule has 0 bridgehead atoms. The SMILES string of the molecule is Cc1noc(C)c1-c1ccc2nccc(C(=O)NCC(=O)N3CSC[C@H]3C#N)c2c1. The normalized spacial score (nSPS) is 15.9. The molecule has 1 aliphatic heterocycles. The molecule has 9 heteroatoms. The van der Waals surface area contributed by atoms with Crippen molar-refractivity contribution in [3.05, 3.63) is 47.5 Å². The number of rotatable bonds is 4. The van der Waals surface area contributed by atoms with E-state index in [0.29, 0.717) is 33.9 Å². The van der Waals surface area contributed by atoms with Gasteiger partial charge < -0.3 is 14.7 Å². The fourth-order valence-electron chi connectivity index (χ4n) is 3.54. The van der Waals surface area contributed by atoms with Crippen LogP contribution in [0.5, 0.6) is 0 Å². The van der Waals surface area contributed by atoms with E-state index in [9.17, 15) is 9.59 Å². The number of carbonyl (C=O) groups excluding carboxylic acids is 2. The first-order chi connectivity index (χ1) is 14.5. The molecule has 0 spiro atoms. The van der Waals surface area contributed by atoms with Gasteiger partial charge in [0.1, 0.15) is 11.8 Å². The Morgan fingerprint density at radius 1 is 1.37 bits per heavy atom. The van der Waals surface area contributed by atoms with Gasteiger partial charge >= 0.3 is 0 Å². The maximum atomic E-state index is 12.9. The van der Waals surface area contributed by atoms with Crippen LogP contribution >= 0.6 is 11.8 Å². The van der Waals surface area contributed by atoms with Gasteiger partial charge in [-0.15, -0.1) is 11.8 Å². The van der Waals surface area contributed by atoms with E-state index in [4.69, 9.17) is 9.78 Å². The van der Waals surface area contributed by atoms with Crippen molar-refractivity contribution in [3.8, 4) is 17.2 Å². The van der Waals surface area contributed by atoms with Gasteiger partial charge in [-0.25, -0.2) is 0 Å². The van der Waals surface area contributed by atoms with Crippen LogP contribution in [0.15, 0.2) is 35.0 Å². The molecule has 4 rings (SSSR count). The van der Waals surface area contributed by atoms with E-state index in [0.717, 1.165) is 16.8 Å². The number of aryl methyl sites for hydroxylation is 2. The van der Waals surface area contributed by atoms with Crippen LogP contribution < -0.4 is 5.32 Å². The highest BCUT2D eigenvalue weighted by atomic mass is 32.2. The number of fused-ring (bicyclic) bond motifs is 1. The molecule has 1 fully saturated rings. The molecule has 1 N–H and O–H groups in total. The summed E-state index contributed by atoms with van der Waals surface area (Å²) in [5.41, 5.74) is 3.63. The number of nitriles is 1. The van der Waals surface area contributed by atoms with Crippen LogP contribution in [-0.2, 0) is 4.79 Å². The van der Waals surface area contributed by atoms with Crippen molar-refractivity contribution in [3.63, 3.8) is 0 Å². The first kappa shape index (κ1) is 19.9. The van der Waals surface area contributed by atoms with Crippen LogP contribution in [0, 0.1) is 25.2 Å². The number of nitrogens with one attached hydrogen (secondary N) is 1. The van der Waals surface area contributed by atoms with Crippen LogP contribution in [0.3, 0.4) is 0 Å². The Hall–Kier alpha value is -3.38. The zero-order valence-electron chi connectivity index (χ0n) is 16.5. The van der Waals surface area contributed by atoms with Crippen LogP contribution in [-0.4, -0.2) is 51.1 Å². The van der Waals surface area contributed by atoms with E-state index in [-0.39, 0.29) is 18.4 Å². The standard InChI is InChI=1S/C21H19N5O3S/c1-12-20(13(2)29-25-12)14-3-4-18-17(7-14)16(5-6-23-18)21(28)24-9-19(27)26-11-30-10-15(26)8-22/h3-7,15H,9-11H2,1-2H3,(H,24,28)/t15-/m1/s1. The van der Waals surface area contributed by atoms with Gasteiger partial charge in [-0.3, -0.25) is 14.6 Å². The molecule has 8 nitrogen and oxygen atoms in total. The maximum absolute atomic E-state index is 12.9. The van der Waals surface area contributed by atoms with Crippen LogP contribution in [0.2, 0.25) is 0 Å². The predicted octanol–water partition coefficient (Wildman–Crippen LogP) is 2.66. The smallest absolute Gasteiger partial charge is 0.252 e. The van der Waals surface area contributed by atoms with Crippen molar-refractivity contribution < 1.29 is 14.1 Å². The summed E-state index contributed by atoms with van der Waals surface area (Å²) in [6.45, 7) is 3.54. The van der Waals surface area contributed by atoms with Gasteiger partial charge in [0.25, 0.3) is 5.91 Å². The zero-order valence-corrected chi connectivity index (χ0v) is 17.3. The highest BCUT2D eigenvalue weighted by Crippen LogP contribution is 2.30. The first-order valence-electron chi connectivity index (χ1n) is 9.36. The van der Waals surface area contributed by atoms with Gasteiger partial charge in [-0.1, -0.05) is 11.2 Å². The Balaban J connectivity index is 1.59. The number of nitrogens with zero attached hydrogens (tertiary/aromatic N) is 4. The van der Waals surface area contributed by atoms with Crippen LogP contribution in [0.4, 0.5) is 0 Å². The van der Waals surface area contributed by atoms with Crippen molar-refractivity contribution in [2.24, 2.45) is 0 Å². The lowest BCUT2D eigenvalue weighted by molar-refractivity contribution is -0.129. The number of aromatic nitrogens is 2. The van der Waals surface area contributed by atoms with Crippen molar-refractivity contribution in [1.29, 1.82) is 5.26 Å². The minimum Gasteiger partial charge on any atom is -0.361 e. The van der Waals surface area contributed by atoms with Crippen LogP contribution in [0.25, 0.3) is 22.0 Å². The molecule has 3 heterocycles. The van der Waals surface area contributed by atoms with E-state index < -0.39 is 6.04 Å². The molecule has 2 amide bonds. The van der Waals surface area contributed by atoms with Gasteiger partial charge in [0.15, 0.2) is 0 Å². The van der Waals surface area contributed by atoms with E-state index in [1.165, 1.54) is 16.7 Å². The average molecular weight is 421 g/mol. The van der Waals surface area contributed by atoms with Crippen LogP contribution in [0.1, 0.15) is 21.8 Å². The quantitative estimate of drug-likeness (QED) is 0.689. The second kappa shape index (κ2) is 8.16. The number of hydrogen-bond acceptors (Lipinski definition) is 7. The summed E-state index contributed by atoms with van der Waals surface area (Å²) in [5.74, 6) is 1.12. The number of carbonyl (C=O) groups is 2. The predicted molar refractivity (Wildman–Crippen MR) is 113 cm³/mol. The van der Waals surface area contributed by atoms with Crippen molar-refractivity contribution >= 4 is 34.5 Å². The molecule has 1 aliphatic rings. The Labute approximate surface area is 177 Å². The molecule has 1 atom stereocenters. The van der Waals surface area contributed by atoms with E-state index in [1.54, 1.807) is 12.3 Å². The molecule has 3 aromatic rings. The molecule has 0 unspecified atom stereocenters. The molecule has 152 valence electrons. The zero-order chi connectivity index (χ0) is 21.3. The summed E-state index contributed by atoms with van der Waals surface area (Å²) in [4.78, 5) is 31.1. The van der Waals surface area contributed by atoms with Gasteiger partial charge in [-0.05, 0) is 37.6 Å². The van der Waals surface area contributed by atoms with Crippen molar-refractivity contribution in [2.75, 3.05) is 18.2 Å². The molecule has 2 aromatic heterocycles. The summed E-state index contributed by atoms with van der Waals surface area (Å²) < 4.78 is 5.26. The van der Waals surface area contributed by atoms with Gasteiger partial charge in [0.2, 0.25) is 5.91 Å². The van der Waals surface area contributed by atoms with Gasteiger partial charge in [-0.2, -0.15) is 5.26 Å². The molecule has 30 heavy (non-hydrogen) atoms. The number of benzene rings is 1. The third-order valence-corrected chi connectivity index (χ3v) is 6.07. The monoisotopic (exact) mass is 421 g/mol. The number of thioether (sulfide) groups is 1. The second-order valence-corrected chi connectivity index (χ2v) is 7.98. The summed E-state index contributed by atoms with van der Waals surface area (Å²) in [6.07, 6.45) is 1.57. The third-order valence-electron chi connectivity index (χ3n) is 5.06. The fourth-order valence-corrected chi connectivity index (χ4v) is 4.65. The topological polar surface area (TPSA) is 112 Å². The summed E-state index contributed by atoms with van der Waals surface area (Å²) in [6, 6.07) is 8.94. The largest absolute Gasteiger partial charge is 0.361 e. The number of pyridine rings is 1. The summed E-state index contributed by atoms with van der Waals surface area (Å²) in [7, 11) is 0. The second-order valence-electron chi connectivity index (χ2n) is 6.98. The highest BCUT2D eigenvalue weighted by molar-refractivity contribution is 7.99. The number of amides is 2. The molecule has 0 aliphatic carbocycles. The molecule has 0 saturated carbocycles. The fraction of sp³-hybridized carbons (Fsp3) is 0.286. The minimum atomic E-state index is -0.446. The maximum Gasteiger partial charge on any atom is 0.252 e. The Morgan fingerprint density at radius 2 is 2.20 bits per heavy atom. The Kier molecular flexibility index (Phi) is 5.42. The average Bonchev–Trinajstić information content (AvgIpc) is 3.37. The van der Waals surface area contributed by atoms with Crippen molar-refractivity contribution in [1.82, 2.24) is 20.4 Å². The molecule has 1 saturated heterocycles. The van der Waals surface area contributed by atoms with E-state index in [2.05, 4.69) is 21.5 Å². The summed E-state index contributed by atoms with van der Waals surface area (Å²) in [5, 5.41) is 16.5. The van der Waals surface area contributed by atoms with Gasteiger partial charge in [0.05, 0.1) is 35.3 Å². The molecule has 1 aromatic carbocycles. The molecule has 0 radical (unpaired) electrons. The lowest BCUT2D eigenvalue weighted by Crippen LogP contribution is -2.42. The lowest BCUT2D eigenvalue weighted by atomic mass is 9.99. The lowest BCUT2D eigenvalue weighted by Gasteiger charge is -2.18. The minimum absolute atomic E-state index is 0.162. The van der Waals surface area contributed by atoms with E-state index in [1.807, 2.05) is 32.0 Å².